The maximum Gasteiger partial charge on any atom is 0.120 e. The zero-order chi connectivity index (χ0) is 11.0. The summed E-state index contributed by atoms with van der Waals surface area (Å²) in [6, 6.07) is 14.9. The van der Waals surface area contributed by atoms with Crippen LogP contribution in [-0.2, 0) is 0 Å². The van der Waals surface area contributed by atoms with Crippen molar-refractivity contribution < 1.29 is 4.74 Å². The molecule has 2 N–H and O–H groups in total. The van der Waals surface area contributed by atoms with E-state index in [1.165, 1.54) is 10.8 Å². The van der Waals surface area contributed by atoms with E-state index < -0.39 is 0 Å². The van der Waals surface area contributed by atoms with Crippen LogP contribution in [0.4, 0.5) is 0 Å². The van der Waals surface area contributed by atoms with Crippen LogP contribution in [0, 0.1) is 0 Å². The lowest BCUT2D eigenvalue weighted by Crippen LogP contribution is -2.43. The van der Waals surface area contributed by atoms with Crippen LogP contribution < -0.4 is 10.5 Å². The molecule has 0 aliphatic heterocycles. The van der Waals surface area contributed by atoms with E-state index >= 15 is 0 Å². The van der Waals surface area contributed by atoms with Crippen LogP contribution in [0.3, 0.4) is 0 Å². The average molecular weight is 250 g/mol. The second kappa shape index (κ2) is 4.94. The first kappa shape index (κ1) is 12.2. The monoisotopic (exact) mass is 249 g/mol. The quantitative estimate of drug-likeness (QED) is 0.888. The van der Waals surface area contributed by atoms with E-state index in [0.29, 0.717) is 12.1 Å². The van der Waals surface area contributed by atoms with E-state index in [4.69, 9.17) is 10.5 Å². The number of rotatable bonds is 2. The van der Waals surface area contributed by atoms with Crippen molar-refractivity contribution in [3.8, 4) is 5.75 Å². The van der Waals surface area contributed by atoms with Gasteiger partial charge in [-0.1, -0.05) is 30.3 Å². The topological polar surface area (TPSA) is 35.2 Å². The molecule has 90 valence electrons. The number of ether oxygens (including phenoxy) is 1. The van der Waals surface area contributed by atoms with Crippen LogP contribution in [0.1, 0.15) is 12.8 Å². The molecule has 3 heteroatoms. The van der Waals surface area contributed by atoms with Gasteiger partial charge in [-0.25, -0.2) is 0 Å². The fraction of sp³-hybridized carbons (Fsp3) is 0.286. The SMILES string of the molecule is Cl.NC1CC(Oc2ccc3ccccc3c2)C1. The number of fused-ring (bicyclic) bond motifs is 1. The third-order valence-corrected chi connectivity index (χ3v) is 3.15. The minimum absolute atomic E-state index is 0. The zero-order valence-electron chi connectivity index (χ0n) is 9.50. The number of halogens is 1. The van der Waals surface area contributed by atoms with Crippen molar-refractivity contribution in [2.75, 3.05) is 0 Å². The molecule has 3 rings (SSSR count). The first-order valence-electron chi connectivity index (χ1n) is 5.72. The summed E-state index contributed by atoms with van der Waals surface area (Å²) in [6.45, 7) is 0. The van der Waals surface area contributed by atoms with Crippen LogP contribution in [-0.4, -0.2) is 12.1 Å². The summed E-state index contributed by atoms with van der Waals surface area (Å²) in [5.74, 6) is 0.954. The smallest absolute Gasteiger partial charge is 0.120 e. The van der Waals surface area contributed by atoms with Gasteiger partial charge < -0.3 is 10.5 Å². The molecule has 2 nitrogen and oxygen atoms in total. The molecular weight excluding hydrogens is 234 g/mol. The Kier molecular flexibility index (Phi) is 3.55. The van der Waals surface area contributed by atoms with Gasteiger partial charge in [-0.3, -0.25) is 0 Å². The van der Waals surface area contributed by atoms with Crippen LogP contribution in [0.2, 0.25) is 0 Å². The fourth-order valence-electron chi connectivity index (χ4n) is 2.14. The van der Waals surface area contributed by atoms with Gasteiger partial charge in [0.25, 0.3) is 0 Å². The largest absolute Gasteiger partial charge is 0.490 e. The van der Waals surface area contributed by atoms with Crippen LogP contribution >= 0.6 is 12.4 Å². The van der Waals surface area contributed by atoms with Crippen molar-refractivity contribution in [1.82, 2.24) is 0 Å². The average Bonchev–Trinajstić information content (AvgIpc) is 2.27. The predicted molar refractivity (Wildman–Crippen MR) is 72.8 cm³/mol. The van der Waals surface area contributed by atoms with Gasteiger partial charge in [-0.2, -0.15) is 0 Å². The fourth-order valence-corrected chi connectivity index (χ4v) is 2.14. The van der Waals surface area contributed by atoms with Gasteiger partial charge in [-0.15, -0.1) is 12.4 Å². The van der Waals surface area contributed by atoms with Crippen LogP contribution in [0.15, 0.2) is 42.5 Å². The third-order valence-electron chi connectivity index (χ3n) is 3.15. The Labute approximate surface area is 107 Å². The van der Waals surface area contributed by atoms with Gasteiger partial charge in [0.15, 0.2) is 0 Å². The molecule has 0 radical (unpaired) electrons. The molecule has 2 aromatic carbocycles. The predicted octanol–water partition coefficient (Wildman–Crippen LogP) is 3.13. The molecule has 1 saturated carbocycles. The number of hydrogen-bond acceptors (Lipinski definition) is 2. The molecule has 0 heterocycles. The van der Waals surface area contributed by atoms with Crippen molar-refractivity contribution in [3.63, 3.8) is 0 Å². The molecule has 0 saturated heterocycles. The van der Waals surface area contributed by atoms with Gasteiger partial charge in [0, 0.05) is 6.04 Å². The summed E-state index contributed by atoms with van der Waals surface area (Å²) in [6.07, 6.45) is 2.27. The second-order valence-corrected chi connectivity index (χ2v) is 4.48. The Balaban J connectivity index is 0.00000108. The first-order chi connectivity index (χ1) is 7.81. The summed E-state index contributed by atoms with van der Waals surface area (Å²) in [5, 5.41) is 2.48. The highest BCUT2D eigenvalue weighted by atomic mass is 35.5. The van der Waals surface area contributed by atoms with E-state index in [9.17, 15) is 0 Å². The summed E-state index contributed by atoms with van der Waals surface area (Å²) < 4.78 is 5.85. The third kappa shape index (κ3) is 2.54. The maximum absolute atomic E-state index is 5.85. The Morgan fingerprint density at radius 3 is 2.41 bits per heavy atom. The van der Waals surface area contributed by atoms with Gasteiger partial charge in [0.05, 0.1) is 0 Å². The minimum atomic E-state index is 0. The molecule has 0 unspecified atom stereocenters. The Hall–Kier alpha value is -1.25. The van der Waals surface area contributed by atoms with Gasteiger partial charge in [0.2, 0.25) is 0 Å². The molecule has 1 aliphatic rings. The van der Waals surface area contributed by atoms with Gasteiger partial charge in [0.1, 0.15) is 11.9 Å². The molecule has 0 spiro atoms. The molecule has 17 heavy (non-hydrogen) atoms. The molecule has 1 fully saturated rings. The summed E-state index contributed by atoms with van der Waals surface area (Å²) in [4.78, 5) is 0. The highest BCUT2D eigenvalue weighted by Gasteiger charge is 2.27. The highest BCUT2D eigenvalue weighted by molar-refractivity contribution is 5.85. The molecule has 1 aliphatic carbocycles. The van der Waals surface area contributed by atoms with E-state index in [-0.39, 0.29) is 12.4 Å². The van der Waals surface area contributed by atoms with E-state index in [1.807, 2.05) is 18.2 Å². The summed E-state index contributed by atoms with van der Waals surface area (Å²) >= 11 is 0. The van der Waals surface area contributed by atoms with Crippen molar-refractivity contribution in [3.05, 3.63) is 42.5 Å². The van der Waals surface area contributed by atoms with Gasteiger partial charge >= 0.3 is 0 Å². The Morgan fingerprint density at radius 1 is 1.00 bits per heavy atom. The molecule has 2 aromatic rings. The Bertz CT molecular complexity index is 508. The lowest BCUT2D eigenvalue weighted by molar-refractivity contribution is 0.101. The van der Waals surface area contributed by atoms with E-state index in [0.717, 1.165) is 18.6 Å². The van der Waals surface area contributed by atoms with Crippen molar-refractivity contribution in [2.45, 2.75) is 25.0 Å². The summed E-state index contributed by atoms with van der Waals surface area (Å²) in [5.41, 5.74) is 5.73. The van der Waals surface area contributed by atoms with Crippen molar-refractivity contribution in [2.24, 2.45) is 5.73 Å². The normalized spacial score (nSPS) is 22.6. The second-order valence-electron chi connectivity index (χ2n) is 4.48. The number of benzene rings is 2. The Morgan fingerprint density at radius 2 is 1.71 bits per heavy atom. The van der Waals surface area contributed by atoms with E-state index in [2.05, 4.69) is 24.3 Å². The van der Waals surface area contributed by atoms with E-state index in [1.54, 1.807) is 0 Å². The number of hydrogen-bond donors (Lipinski definition) is 1. The lowest BCUT2D eigenvalue weighted by Gasteiger charge is -2.32. The number of nitrogens with two attached hydrogens (primary N) is 1. The highest BCUT2D eigenvalue weighted by Crippen LogP contribution is 2.27. The molecule has 0 bridgehead atoms. The standard InChI is InChI=1S/C14H15NO.ClH/c15-12-8-14(9-12)16-13-6-5-10-3-1-2-4-11(10)7-13;/h1-7,12,14H,8-9,15H2;1H. The summed E-state index contributed by atoms with van der Waals surface area (Å²) in [7, 11) is 0. The molecule has 0 atom stereocenters. The van der Waals surface area contributed by atoms with Crippen LogP contribution in [0.5, 0.6) is 5.75 Å². The van der Waals surface area contributed by atoms with Crippen LogP contribution in [0.25, 0.3) is 10.8 Å². The molecule has 0 aromatic heterocycles. The maximum atomic E-state index is 5.85. The molecular formula is C14H16ClNO. The molecule has 0 amide bonds. The van der Waals surface area contributed by atoms with Crippen molar-refractivity contribution >= 4 is 23.2 Å². The van der Waals surface area contributed by atoms with Gasteiger partial charge in [-0.05, 0) is 35.7 Å². The zero-order valence-corrected chi connectivity index (χ0v) is 10.3. The van der Waals surface area contributed by atoms with Crippen molar-refractivity contribution in [1.29, 1.82) is 0 Å². The first-order valence-corrected chi connectivity index (χ1v) is 5.72. The minimum Gasteiger partial charge on any atom is -0.490 e. The lowest BCUT2D eigenvalue weighted by atomic mass is 9.90.